The van der Waals surface area contributed by atoms with Crippen LogP contribution in [0.5, 0.6) is 5.75 Å². The van der Waals surface area contributed by atoms with Crippen LogP contribution >= 0.6 is 0 Å². The van der Waals surface area contributed by atoms with E-state index >= 15 is 0 Å². The Bertz CT molecular complexity index is 786. The summed E-state index contributed by atoms with van der Waals surface area (Å²) in [6, 6.07) is 8.27. The van der Waals surface area contributed by atoms with E-state index in [4.69, 9.17) is 9.72 Å². The van der Waals surface area contributed by atoms with E-state index in [0.29, 0.717) is 19.2 Å². The van der Waals surface area contributed by atoms with Crippen LogP contribution in [-0.4, -0.2) is 45.4 Å². The molecule has 2 atom stereocenters. The molecule has 1 aliphatic heterocycles. The van der Waals surface area contributed by atoms with E-state index in [0.717, 1.165) is 43.5 Å². The first-order chi connectivity index (χ1) is 13.1. The molecule has 2 aliphatic rings. The molecule has 1 aliphatic carbocycles. The summed E-state index contributed by atoms with van der Waals surface area (Å²) in [5, 5.41) is 10.6. The molecule has 0 bridgehead atoms. The van der Waals surface area contributed by atoms with Gasteiger partial charge in [-0.05, 0) is 63.6 Å². The lowest BCUT2D eigenvalue weighted by Gasteiger charge is -2.26. The number of fused-ring (bicyclic) bond motifs is 1. The highest BCUT2D eigenvalue weighted by molar-refractivity contribution is 5.31. The van der Waals surface area contributed by atoms with Crippen LogP contribution in [0.15, 0.2) is 24.3 Å². The normalized spacial score (nSPS) is 21.2. The number of aromatic nitrogens is 2. The smallest absolute Gasteiger partial charge is 0.126 e. The Morgan fingerprint density at radius 1 is 1.22 bits per heavy atom. The fourth-order valence-electron chi connectivity index (χ4n) is 4.57. The molecule has 2 heterocycles. The number of β-amino-alcohol motifs (C(OH)–C–C–N with tert-alkyl or cyclic N) is 1. The van der Waals surface area contributed by atoms with E-state index in [1.165, 1.54) is 30.1 Å². The van der Waals surface area contributed by atoms with Crippen molar-refractivity contribution in [2.45, 2.75) is 57.6 Å². The third kappa shape index (κ3) is 3.90. The highest BCUT2D eigenvalue weighted by atomic mass is 16.5. The average molecular weight is 370 g/mol. The number of nitrogens with zero attached hydrogens (tertiary/aromatic N) is 3. The number of hydrogen-bond acceptors (Lipinski definition) is 4. The second kappa shape index (κ2) is 8.03. The number of likely N-dealkylation sites (tertiary alicyclic amines) is 1. The van der Waals surface area contributed by atoms with Gasteiger partial charge in [-0.25, -0.2) is 4.98 Å². The molecule has 2 unspecified atom stereocenters. The van der Waals surface area contributed by atoms with Crippen LogP contribution in [-0.2, 0) is 19.9 Å². The predicted octanol–water partition coefficient (Wildman–Crippen LogP) is 3.18. The summed E-state index contributed by atoms with van der Waals surface area (Å²) < 4.78 is 8.17. The topological polar surface area (TPSA) is 50.5 Å². The van der Waals surface area contributed by atoms with Crippen molar-refractivity contribution < 1.29 is 9.84 Å². The first kappa shape index (κ1) is 18.5. The number of para-hydroxylation sites is 1. The number of aryl methyl sites for hydroxylation is 2. The molecule has 0 saturated carbocycles. The molecular formula is C22H31N3O2. The van der Waals surface area contributed by atoms with Gasteiger partial charge in [0.2, 0.25) is 0 Å². The fraction of sp³-hybridized carbons (Fsp3) is 0.591. The van der Waals surface area contributed by atoms with Gasteiger partial charge in [-0.1, -0.05) is 18.2 Å². The van der Waals surface area contributed by atoms with Gasteiger partial charge < -0.3 is 14.4 Å². The van der Waals surface area contributed by atoms with Gasteiger partial charge in [0.15, 0.2) is 0 Å². The maximum absolute atomic E-state index is 10.6. The molecule has 0 radical (unpaired) electrons. The minimum absolute atomic E-state index is 0.314. The lowest BCUT2D eigenvalue weighted by atomic mass is 10.0. The fourth-order valence-corrected chi connectivity index (χ4v) is 4.57. The van der Waals surface area contributed by atoms with Gasteiger partial charge in [-0.15, -0.1) is 0 Å². The Labute approximate surface area is 162 Å². The number of hydrogen-bond donors (Lipinski definition) is 1. The van der Waals surface area contributed by atoms with E-state index in [9.17, 15) is 5.11 Å². The van der Waals surface area contributed by atoms with Crippen LogP contribution in [0.1, 0.15) is 54.5 Å². The monoisotopic (exact) mass is 369 g/mol. The van der Waals surface area contributed by atoms with E-state index in [1.54, 1.807) is 0 Å². The largest absolute Gasteiger partial charge is 0.491 e. The zero-order valence-electron chi connectivity index (χ0n) is 16.5. The summed E-state index contributed by atoms with van der Waals surface area (Å²) in [5.41, 5.74) is 3.82. The summed E-state index contributed by atoms with van der Waals surface area (Å²) in [7, 11) is 2.17. The summed E-state index contributed by atoms with van der Waals surface area (Å²) >= 11 is 0. The van der Waals surface area contributed by atoms with Gasteiger partial charge in [0.25, 0.3) is 0 Å². The Morgan fingerprint density at radius 2 is 2.04 bits per heavy atom. The highest BCUT2D eigenvalue weighted by Gasteiger charge is 2.32. The highest BCUT2D eigenvalue weighted by Crippen LogP contribution is 2.33. The van der Waals surface area contributed by atoms with Gasteiger partial charge in [0, 0.05) is 19.3 Å². The molecule has 146 valence electrons. The lowest BCUT2D eigenvalue weighted by molar-refractivity contribution is 0.0621. The van der Waals surface area contributed by atoms with Crippen LogP contribution in [0, 0.1) is 6.92 Å². The summed E-state index contributed by atoms with van der Waals surface area (Å²) in [6.07, 6.45) is 6.58. The first-order valence-corrected chi connectivity index (χ1v) is 10.3. The Hall–Kier alpha value is -1.85. The molecule has 0 amide bonds. The van der Waals surface area contributed by atoms with E-state index in [1.807, 2.05) is 31.2 Å². The standard InChI is InChI=1S/C22H31N3O2/c1-16-8-3-6-12-21(16)27-15-17(26)14-25-13-7-11-20(25)22-23-18-9-4-5-10-19(18)24(22)2/h3,6,8,12,17,20,26H,4-5,7,9-11,13-15H2,1-2H3. The lowest BCUT2D eigenvalue weighted by Crippen LogP contribution is -2.36. The zero-order valence-corrected chi connectivity index (χ0v) is 16.5. The number of benzene rings is 1. The Kier molecular flexibility index (Phi) is 5.50. The molecule has 5 heteroatoms. The third-order valence-corrected chi connectivity index (χ3v) is 6.04. The van der Waals surface area contributed by atoms with Crippen molar-refractivity contribution in [3.8, 4) is 5.75 Å². The maximum Gasteiger partial charge on any atom is 0.126 e. The van der Waals surface area contributed by atoms with Crippen molar-refractivity contribution in [2.75, 3.05) is 19.7 Å². The first-order valence-electron chi connectivity index (χ1n) is 10.3. The summed E-state index contributed by atoms with van der Waals surface area (Å²) in [5.74, 6) is 2.04. The summed E-state index contributed by atoms with van der Waals surface area (Å²) in [4.78, 5) is 7.39. The molecule has 1 saturated heterocycles. The van der Waals surface area contributed by atoms with Gasteiger partial charge in [0.1, 0.15) is 24.3 Å². The zero-order chi connectivity index (χ0) is 18.8. The molecule has 1 N–H and O–H groups in total. The minimum atomic E-state index is -0.500. The molecule has 5 nitrogen and oxygen atoms in total. The predicted molar refractivity (Wildman–Crippen MR) is 106 cm³/mol. The van der Waals surface area contributed by atoms with Crippen LogP contribution < -0.4 is 4.74 Å². The molecule has 1 aromatic heterocycles. The quantitative estimate of drug-likeness (QED) is 0.850. The molecule has 1 fully saturated rings. The summed E-state index contributed by atoms with van der Waals surface area (Å²) in [6.45, 7) is 4.00. The Balaban J connectivity index is 1.40. The maximum atomic E-state index is 10.6. The van der Waals surface area contributed by atoms with Crippen molar-refractivity contribution in [3.63, 3.8) is 0 Å². The van der Waals surface area contributed by atoms with Crippen molar-refractivity contribution >= 4 is 0 Å². The number of rotatable bonds is 6. The molecule has 27 heavy (non-hydrogen) atoms. The molecular weight excluding hydrogens is 338 g/mol. The Morgan fingerprint density at radius 3 is 2.85 bits per heavy atom. The second-order valence-corrected chi connectivity index (χ2v) is 8.01. The van der Waals surface area contributed by atoms with Crippen molar-refractivity contribution in [3.05, 3.63) is 47.0 Å². The SMILES string of the molecule is Cc1ccccc1OCC(O)CN1CCCC1c1nc2c(n1C)CCCC2. The van der Waals surface area contributed by atoms with Crippen LogP contribution in [0.2, 0.25) is 0 Å². The number of aliphatic hydroxyl groups excluding tert-OH is 1. The number of imidazole rings is 1. The van der Waals surface area contributed by atoms with Gasteiger partial charge in [-0.3, -0.25) is 4.90 Å². The number of aliphatic hydroxyl groups is 1. The van der Waals surface area contributed by atoms with Gasteiger partial charge >= 0.3 is 0 Å². The van der Waals surface area contributed by atoms with Crippen molar-refractivity contribution in [2.24, 2.45) is 7.05 Å². The van der Waals surface area contributed by atoms with E-state index in [2.05, 4.69) is 16.5 Å². The van der Waals surface area contributed by atoms with Gasteiger partial charge in [-0.2, -0.15) is 0 Å². The molecule has 2 aromatic rings. The van der Waals surface area contributed by atoms with Crippen molar-refractivity contribution in [1.29, 1.82) is 0 Å². The van der Waals surface area contributed by atoms with Gasteiger partial charge in [0.05, 0.1) is 11.7 Å². The van der Waals surface area contributed by atoms with Crippen molar-refractivity contribution in [1.82, 2.24) is 14.5 Å². The van der Waals surface area contributed by atoms with E-state index in [-0.39, 0.29) is 0 Å². The third-order valence-electron chi connectivity index (χ3n) is 6.04. The molecule has 4 rings (SSSR count). The minimum Gasteiger partial charge on any atom is -0.491 e. The molecule has 1 aromatic carbocycles. The average Bonchev–Trinajstić information content (AvgIpc) is 3.25. The van der Waals surface area contributed by atoms with E-state index < -0.39 is 6.10 Å². The molecule has 0 spiro atoms. The number of ether oxygens (including phenoxy) is 1. The van der Waals surface area contributed by atoms with Crippen LogP contribution in [0.25, 0.3) is 0 Å². The van der Waals surface area contributed by atoms with Crippen LogP contribution in [0.4, 0.5) is 0 Å². The van der Waals surface area contributed by atoms with Crippen LogP contribution in [0.3, 0.4) is 0 Å². The second-order valence-electron chi connectivity index (χ2n) is 8.01.